The topological polar surface area (TPSA) is 71.5 Å². The average Bonchev–Trinajstić information content (AvgIpc) is 2.37. The van der Waals surface area contributed by atoms with Crippen molar-refractivity contribution in [3.05, 3.63) is 5.82 Å². The van der Waals surface area contributed by atoms with Gasteiger partial charge in [-0.05, 0) is 20.8 Å². The first kappa shape index (κ1) is 7.84. The zero-order chi connectivity index (χ0) is 8.48. The van der Waals surface area contributed by atoms with Gasteiger partial charge in [-0.3, -0.25) is 4.79 Å². The standard InChI is InChI=1S/C6H10N4O/c1-4(11)6(2,3)5-7-9-10-8-5/h1-3H3,(H,7,8,9,10). The number of rotatable bonds is 2. The van der Waals surface area contributed by atoms with E-state index in [9.17, 15) is 4.79 Å². The molecule has 1 rings (SSSR count). The van der Waals surface area contributed by atoms with Crippen molar-refractivity contribution >= 4 is 5.78 Å². The summed E-state index contributed by atoms with van der Waals surface area (Å²) >= 11 is 0. The highest BCUT2D eigenvalue weighted by Crippen LogP contribution is 2.18. The van der Waals surface area contributed by atoms with Gasteiger partial charge < -0.3 is 0 Å². The molecule has 0 aliphatic carbocycles. The van der Waals surface area contributed by atoms with Crippen molar-refractivity contribution in [2.75, 3.05) is 0 Å². The van der Waals surface area contributed by atoms with Crippen molar-refractivity contribution in [1.29, 1.82) is 0 Å². The first-order valence-corrected chi connectivity index (χ1v) is 3.30. The molecule has 0 fully saturated rings. The first-order valence-electron chi connectivity index (χ1n) is 3.30. The van der Waals surface area contributed by atoms with Crippen molar-refractivity contribution in [2.24, 2.45) is 0 Å². The maximum absolute atomic E-state index is 11.0. The Morgan fingerprint density at radius 3 is 2.55 bits per heavy atom. The van der Waals surface area contributed by atoms with Crippen LogP contribution in [0, 0.1) is 0 Å². The van der Waals surface area contributed by atoms with Gasteiger partial charge >= 0.3 is 0 Å². The van der Waals surface area contributed by atoms with Crippen LogP contribution in [0.2, 0.25) is 0 Å². The summed E-state index contributed by atoms with van der Waals surface area (Å²) < 4.78 is 0. The van der Waals surface area contributed by atoms with E-state index in [1.54, 1.807) is 13.8 Å². The molecule has 0 aliphatic heterocycles. The van der Waals surface area contributed by atoms with Crippen LogP contribution in [0.5, 0.6) is 0 Å². The van der Waals surface area contributed by atoms with E-state index in [1.807, 2.05) is 0 Å². The van der Waals surface area contributed by atoms with Crippen LogP contribution in [0.3, 0.4) is 0 Å². The molecule has 0 atom stereocenters. The smallest absolute Gasteiger partial charge is 0.187 e. The Hall–Kier alpha value is -1.26. The molecule has 0 unspecified atom stereocenters. The van der Waals surface area contributed by atoms with E-state index >= 15 is 0 Å². The molecule has 1 heterocycles. The van der Waals surface area contributed by atoms with E-state index in [2.05, 4.69) is 20.6 Å². The lowest BCUT2D eigenvalue weighted by Gasteiger charge is -2.14. The molecule has 0 aromatic carbocycles. The number of carbonyl (C=O) groups excluding carboxylic acids is 1. The first-order chi connectivity index (χ1) is 5.05. The predicted octanol–water partition coefficient (Wildman–Crippen LogP) is 0.0663. The van der Waals surface area contributed by atoms with E-state index < -0.39 is 5.41 Å². The Morgan fingerprint density at radius 2 is 2.18 bits per heavy atom. The van der Waals surface area contributed by atoms with Crippen molar-refractivity contribution in [2.45, 2.75) is 26.2 Å². The summed E-state index contributed by atoms with van der Waals surface area (Å²) in [4.78, 5) is 11.0. The van der Waals surface area contributed by atoms with Crippen LogP contribution in [0.15, 0.2) is 0 Å². The summed E-state index contributed by atoms with van der Waals surface area (Å²) in [5, 5.41) is 13.2. The molecule has 0 saturated carbocycles. The van der Waals surface area contributed by atoms with Crippen LogP contribution < -0.4 is 0 Å². The second-order valence-electron chi connectivity index (χ2n) is 2.92. The number of tetrazole rings is 1. The number of carbonyl (C=O) groups is 1. The molecule has 1 aromatic heterocycles. The predicted molar refractivity (Wildman–Crippen MR) is 37.9 cm³/mol. The summed E-state index contributed by atoms with van der Waals surface area (Å²) in [5.74, 6) is 0.462. The number of nitrogens with one attached hydrogen (secondary N) is 1. The number of aromatic nitrogens is 4. The lowest BCUT2D eigenvalue weighted by atomic mass is 9.88. The van der Waals surface area contributed by atoms with Gasteiger partial charge in [0.1, 0.15) is 5.78 Å². The number of nitrogens with zero attached hydrogens (tertiary/aromatic N) is 3. The second-order valence-corrected chi connectivity index (χ2v) is 2.92. The molecule has 0 saturated heterocycles. The van der Waals surface area contributed by atoms with Gasteiger partial charge in [-0.2, -0.15) is 5.21 Å². The molecule has 60 valence electrons. The van der Waals surface area contributed by atoms with E-state index in [-0.39, 0.29) is 5.78 Å². The maximum atomic E-state index is 11.0. The highest BCUT2D eigenvalue weighted by atomic mass is 16.1. The second kappa shape index (κ2) is 2.41. The minimum absolute atomic E-state index is 0.0268. The SMILES string of the molecule is CC(=O)C(C)(C)c1nn[nH]n1. The number of hydrogen-bond acceptors (Lipinski definition) is 4. The fraction of sp³-hybridized carbons (Fsp3) is 0.667. The molecule has 5 heteroatoms. The molecule has 5 nitrogen and oxygen atoms in total. The maximum Gasteiger partial charge on any atom is 0.187 e. The molecule has 1 N–H and O–H groups in total. The molecule has 0 bridgehead atoms. The summed E-state index contributed by atoms with van der Waals surface area (Å²) in [6.07, 6.45) is 0. The van der Waals surface area contributed by atoms with Crippen molar-refractivity contribution in [1.82, 2.24) is 20.6 Å². The van der Waals surface area contributed by atoms with Crippen LogP contribution in [0.25, 0.3) is 0 Å². The van der Waals surface area contributed by atoms with Gasteiger partial charge in [0, 0.05) is 0 Å². The molecule has 1 aromatic rings. The van der Waals surface area contributed by atoms with E-state index in [1.165, 1.54) is 6.92 Å². The molecular weight excluding hydrogens is 144 g/mol. The third kappa shape index (κ3) is 1.26. The molecule has 0 radical (unpaired) electrons. The number of aromatic amines is 1. The van der Waals surface area contributed by atoms with Crippen molar-refractivity contribution in [3.8, 4) is 0 Å². The third-order valence-electron chi connectivity index (χ3n) is 1.78. The summed E-state index contributed by atoms with van der Waals surface area (Å²) in [5.41, 5.74) is -0.632. The number of H-pyrrole nitrogens is 1. The molecular formula is C6H10N4O. The minimum Gasteiger partial charge on any atom is -0.299 e. The number of hydrogen-bond donors (Lipinski definition) is 1. The Labute approximate surface area is 64.2 Å². The van der Waals surface area contributed by atoms with Gasteiger partial charge in [0.2, 0.25) is 0 Å². The van der Waals surface area contributed by atoms with Gasteiger partial charge in [-0.25, -0.2) is 0 Å². The zero-order valence-electron chi connectivity index (χ0n) is 6.75. The summed E-state index contributed by atoms with van der Waals surface area (Å²) in [7, 11) is 0. The normalized spacial score (nSPS) is 11.5. The van der Waals surface area contributed by atoms with E-state index in [0.29, 0.717) is 5.82 Å². The van der Waals surface area contributed by atoms with Gasteiger partial charge in [-0.15, -0.1) is 10.2 Å². The molecule has 11 heavy (non-hydrogen) atoms. The lowest BCUT2D eigenvalue weighted by molar-refractivity contribution is -0.121. The van der Waals surface area contributed by atoms with Crippen molar-refractivity contribution < 1.29 is 4.79 Å². The fourth-order valence-electron chi connectivity index (χ4n) is 0.584. The Bertz CT molecular complexity index is 252. The van der Waals surface area contributed by atoms with Gasteiger partial charge in [-0.1, -0.05) is 5.21 Å². The van der Waals surface area contributed by atoms with Crippen molar-refractivity contribution in [3.63, 3.8) is 0 Å². The quantitative estimate of drug-likeness (QED) is 0.654. The fourth-order valence-corrected chi connectivity index (χ4v) is 0.584. The number of ketones is 1. The summed E-state index contributed by atoms with van der Waals surface area (Å²) in [6, 6.07) is 0. The van der Waals surface area contributed by atoms with Crippen LogP contribution in [-0.2, 0) is 10.2 Å². The highest BCUT2D eigenvalue weighted by molar-refractivity contribution is 5.85. The lowest BCUT2D eigenvalue weighted by Crippen LogP contribution is -2.27. The van der Waals surface area contributed by atoms with Crippen LogP contribution in [0.1, 0.15) is 26.6 Å². The minimum atomic E-state index is -0.632. The monoisotopic (exact) mass is 154 g/mol. The van der Waals surface area contributed by atoms with Gasteiger partial charge in [0.05, 0.1) is 5.41 Å². The highest BCUT2D eigenvalue weighted by Gasteiger charge is 2.30. The number of Topliss-reactive ketones (excluding diaryl/α,β-unsaturated/α-hetero) is 1. The molecule has 0 spiro atoms. The Kier molecular flexibility index (Phi) is 1.72. The van der Waals surface area contributed by atoms with Gasteiger partial charge in [0.15, 0.2) is 5.82 Å². The molecule has 0 amide bonds. The van der Waals surface area contributed by atoms with E-state index in [4.69, 9.17) is 0 Å². The Balaban J connectivity index is 3.00. The van der Waals surface area contributed by atoms with Crippen LogP contribution in [-0.4, -0.2) is 26.4 Å². The average molecular weight is 154 g/mol. The molecule has 0 aliphatic rings. The van der Waals surface area contributed by atoms with E-state index in [0.717, 1.165) is 0 Å². The zero-order valence-corrected chi connectivity index (χ0v) is 6.75. The third-order valence-corrected chi connectivity index (χ3v) is 1.78. The summed E-state index contributed by atoms with van der Waals surface area (Å²) in [6.45, 7) is 5.04. The largest absolute Gasteiger partial charge is 0.299 e. The Morgan fingerprint density at radius 1 is 1.55 bits per heavy atom. The van der Waals surface area contributed by atoms with Crippen LogP contribution in [0.4, 0.5) is 0 Å². The van der Waals surface area contributed by atoms with Gasteiger partial charge in [0.25, 0.3) is 0 Å². The van der Waals surface area contributed by atoms with Crippen LogP contribution >= 0.6 is 0 Å².